The average molecular weight is 1050 g/mol. The van der Waals surface area contributed by atoms with Gasteiger partial charge in [0.25, 0.3) is 5.88 Å². The van der Waals surface area contributed by atoms with Crippen LogP contribution < -0.4 is 39.4 Å². The molecular formula is C62H79FN10O4. The number of fused-ring (bicyclic) bond motifs is 4. The van der Waals surface area contributed by atoms with Crippen molar-refractivity contribution in [1.82, 2.24) is 29.7 Å². The van der Waals surface area contributed by atoms with Crippen molar-refractivity contribution in [2.75, 3.05) is 113 Å². The minimum atomic E-state index is -0.0563. The molecule has 0 saturated carbocycles. The van der Waals surface area contributed by atoms with Gasteiger partial charge in [0.15, 0.2) is 17.2 Å². The molecule has 6 aliphatic rings. The van der Waals surface area contributed by atoms with Crippen LogP contribution in [-0.2, 0) is 25.7 Å². The van der Waals surface area contributed by atoms with Gasteiger partial charge in [0.2, 0.25) is 0 Å². The van der Waals surface area contributed by atoms with E-state index in [1.165, 1.54) is 66.2 Å². The Labute approximate surface area is 454 Å². The van der Waals surface area contributed by atoms with Crippen LogP contribution in [0.25, 0.3) is 21.9 Å². The Morgan fingerprint density at radius 2 is 1.30 bits per heavy atom. The summed E-state index contributed by atoms with van der Waals surface area (Å²) in [4.78, 5) is 29.6. The molecule has 4 fully saturated rings. The molecule has 8 heterocycles. The monoisotopic (exact) mass is 1050 g/mol. The van der Waals surface area contributed by atoms with E-state index in [0.717, 1.165) is 193 Å². The number of aryl methyl sites for hydroxylation is 2. The van der Waals surface area contributed by atoms with Crippen LogP contribution >= 0.6 is 0 Å². The van der Waals surface area contributed by atoms with Gasteiger partial charge in [-0.3, -0.25) is 15.0 Å². The van der Waals surface area contributed by atoms with E-state index in [4.69, 9.17) is 33.9 Å². The molecule has 0 bridgehead atoms. The molecule has 408 valence electrons. The second kappa shape index (κ2) is 23.8. The number of hydrogen-bond donors (Lipinski definition) is 2. The maximum Gasteiger partial charge on any atom is 0.257 e. The van der Waals surface area contributed by atoms with Crippen LogP contribution in [0.4, 0.5) is 27.1 Å². The van der Waals surface area contributed by atoms with E-state index in [-0.39, 0.29) is 17.8 Å². The second-order valence-corrected chi connectivity index (χ2v) is 22.6. The third kappa shape index (κ3) is 11.4. The molecule has 4 aliphatic heterocycles. The Morgan fingerprint density at radius 1 is 0.610 bits per heavy atom. The minimum Gasteiger partial charge on any atom is -0.493 e. The number of anilines is 4. The highest BCUT2D eigenvalue weighted by Crippen LogP contribution is 2.42. The predicted octanol–water partition coefficient (Wildman–Crippen LogP) is 10.8. The molecule has 0 radical (unpaired) electrons. The van der Waals surface area contributed by atoms with Crippen LogP contribution in [0.1, 0.15) is 117 Å². The molecule has 2 aromatic carbocycles. The van der Waals surface area contributed by atoms with Gasteiger partial charge < -0.3 is 49.2 Å². The van der Waals surface area contributed by atoms with Crippen molar-refractivity contribution < 1.29 is 23.3 Å². The number of piperidine rings is 2. The number of halogens is 1. The van der Waals surface area contributed by atoms with Crippen molar-refractivity contribution in [3.63, 3.8) is 0 Å². The standard InChI is InChI=1S/C62H79FN10O4/c1-74-55-37-49-52(38-56(55)76-35-11-28-70-26-6-7-27-70)67-51-18-8-16-47(51)59(49)65-43-23-33-73(34-24-43)54-19-9-15-46(58(54)63)42-20-30-71(41-42)29-12-36-77-57-39-53-61(69-62(57)75-2)60(48-14-4-3-5-17-50(48)68-53)66-44-21-31-72(32-22-44)45-13-10-25-64-40-45/h9-10,13,15,19,25,37-40,42-44H,3-8,11-12,14,16-18,20-24,26-36,41H2,1-2H3,(H,65,67)(H,66,68). The molecule has 77 heavy (non-hydrogen) atoms. The summed E-state index contributed by atoms with van der Waals surface area (Å²) in [5.74, 6) is 2.73. The summed E-state index contributed by atoms with van der Waals surface area (Å²) in [6.45, 7) is 10.8. The van der Waals surface area contributed by atoms with Crippen molar-refractivity contribution in [3.8, 4) is 23.1 Å². The fourth-order valence-corrected chi connectivity index (χ4v) is 13.4. The summed E-state index contributed by atoms with van der Waals surface area (Å²) in [6.07, 6.45) is 21.7. The molecule has 4 aromatic heterocycles. The predicted molar refractivity (Wildman–Crippen MR) is 306 cm³/mol. The lowest BCUT2D eigenvalue weighted by atomic mass is 9.96. The first-order valence-corrected chi connectivity index (χ1v) is 29.3. The Balaban J connectivity index is 0.649. The number of rotatable bonds is 19. The number of hydrogen-bond acceptors (Lipinski definition) is 14. The molecule has 6 aromatic rings. The molecule has 2 N–H and O–H groups in total. The molecule has 1 atom stereocenters. The van der Waals surface area contributed by atoms with Crippen LogP contribution in [0.2, 0.25) is 0 Å². The first-order valence-electron chi connectivity index (χ1n) is 29.3. The van der Waals surface area contributed by atoms with E-state index in [2.05, 4.69) is 59.5 Å². The highest BCUT2D eigenvalue weighted by atomic mass is 19.1. The summed E-state index contributed by atoms with van der Waals surface area (Å²) in [6, 6.07) is 17.1. The highest BCUT2D eigenvalue weighted by molar-refractivity contribution is 5.96. The Bertz CT molecular complexity index is 3000. The molecule has 0 amide bonds. The Kier molecular flexibility index (Phi) is 15.9. The lowest BCUT2D eigenvalue weighted by Crippen LogP contribution is -2.39. The smallest absolute Gasteiger partial charge is 0.257 e. The summed E-state index contributed by atoms with van der Waals surface area (Å²) in [5.41, 5.74) is 12.8. The molecule has 4 saturated heterocycles. The number of pyridine rings is 4. The molecule has 12 rings (SSSR count). The number of nitrogens with zero attached hydrogens (tertiary/aromatic N) is 8. The number of ether oxygens (including phenoxy) is 4. The molecule has 14 nitrogen and oxygen atoms in total. The lowest BCUT2D eigenvalue weighted by Gasteiger charge is -2.35. The largest absolute Gasteiger partial charge is 0.493 e. The second-order valence-electron chi connectivity index (χ2n) is 22.6. The van der Waals surface area contributed by atoms with Gasteiger partial charge in [0.1, 0.15) is 11.3 Å². The number of likely N-dealkylation sites (tertiary alicyclic amines) is 2. The molecule has 15 heteroatoms. The Hall–Kier alpha value is -6.19. The summed E-state index contributed by atoms with van der Waals surface area (Å²) >= 11 is 0. The highest BCUT2D eigenvalue weighted by Gasteiger charge is 2.31. The number of aromatic nitrogens is 4. The van der Waals surface area contributed by atoms with E-state index in [1.54, 1.807) is 14.2 Å². The minimum absolute atomic E-state index is 0.0563. The molecule has 2 aliphatic carbocycles. The van der Waals surface area contributed by atoms with Crippen LogP contribution in [0.3, 0.4) is 0 Å². The fourth-order valence-electron chi connectivity index (χ4n) is 13.4. The zero-order valence-corrected chi connectivity index (χ0v) is 45.6. The number of methoxy groups -OCH3 is 2. The topological polar surface area (TPSA) is 126 Å². The van der Waals surface area contributed by atoms with Crippen molar-refractivity contribution in [1.29, 1.82) is 0 Å². The fraction of sp³-hybridized carbons (Fsp3) is 0.548. The van der Waals surface area contributed by atoms with Gasteiger partial charge in [-0.1, -0.05) is 18.6 Å². The molecular weight excluding hydrogens is 968 g/mol. The normalized spacial score (nSPS) is 19.6. The zero-order valence-electron chi connectivity index (χ0n) is 45.6. The number of nitrogens with one attached hydrogen (secondary N) is 2. The zero-order chi connectivity index (χ0) is 52.1. The summed E-state index contributed by atoms with van der Waals surface area (Å²) in [5, 5.41) is 9.09. The summed E-state index contributed by atoms with van der Waals surface area (Å²) < 4.78 is 41.4. The first-order chi connectivity index (χ1) is 38.0. The Morgan fingerprint density at radius 3 is 2.06 bits per heavy atom. The average Bonchev–Trinajstić information content (AvgIpc) is 4.25. The summed E-state index contributed by atoms with van der Waals surface area (Å²) in [7, 11) is 3.40. The maximum atomic E-state index is 16.7. The van der Waals surface area contributed by atoms with Gasteiger partial charge in [-0.05, 0) is 163 Å². The van der Waals surface area contributed by atoms with Gasteiger partial charge >= 0.3 is 0 Å². The van der Waals surface area contributed by atoms with E-state index in [1.807, 2.05) is 36.7 Å². The van der Waals surface area contributed by atoms with Crippen molar-refractivity contribution >= 4 is 44.7 Å². The van der Waals surface area contributed by atoms with E-state index < -0.39 is 0 Å². The van der Waals surface area contributed by atoms with Crippen LogP contribution in [0.15, 0.2) is 60.9 Å². The SMILES string of the molecule is COc1cc2c(NC3CCN(c4cccc(C5CCN(CCCOc6cc7nc8c(c(NC9CCN(c%10cccnc%10)CC9)c7nc6OC)CCCCC8)C5)c4F)CC3)c3c(nc2cc1OCCCN1CCCC1)CCC3. The van der Waals surface area contributed by atoms with Gasteiger partial charge in [-0.25, -0.2) is 9.37 Å². The van der Waals surface area contributed by atoms with E-state index in [0.29, 0.717) is 30.9 Å². The molecule has 0 spiro atoms. The molecule has 1 unspecified atom stereocenters. The van der Waals surface area contributed by atoms with Crippen molar-refractivity contribution in [3.05, 3.63) is 94.8 Å². The maximum absolute atomic E-state index is 16.7. The third-order valence-electron chi connectivity index (χ3n) is 17.6. The van der Waals surface area contributed by atoms with Gasteiger partial charge in [0, 0.05) is 105 Å². The van der Waals surface area contributed by atoms with Gasteiger partial charge in [-0.15, -0.1) is 0 Å². The lowest BCUT2D eigenvalue weighted by molar-refractivity contribution is 0.251. The van der Waals surface area contributed by atoms with Crippen LogP contribution in [0.5, 0.6) is 23.1 Å². The van der Waals surface area contributed by atoms with Gasteiger partial charge in [-0.2, -0.15) is 0 Å². The van der Waals surface area contributed by atoms with Crippen LogP contribution in [0, 0.1) is 5.82 Å². The third-order valence-corrected chi connectivity index (χ3v) is 17.6. The quantitative estimate of drug-likeness (QED) is 0.0590. The van der Waals surface area contributed by atoms with E-state index in [9.17, 15) is 0 Å². The number of benzene rings is 2. The van der Waals surface area contributed by atoms with Crippen LogP contribution in [-0.4, -0.2) is 135 Å². The van der Waals surface area contributed by atoms with Crippen molar-refractivity contribution in [2.45, 2.75) is 127 Å². The van der Waals surface area contributed by atoms with E-state index >= 15 is 4.39 Å². The van der Waals surface area contributed by atoms with Gasteiger partial charge in [0.05, 0.1) is 61.7 Å². The van der Waals surface area contributed by atoms with Crippen molar-refractivity contribution in [2.24, 2.45) is 0 Å². The first kappa shape index (κ1) is 51.6.